The second kappa shape index (κ2) is 7.09. The molecule has 0 aliphatic carbocycles. The van der Waals surface area contributed by atoms with E-state index in [1.165, 1.54) is 6.07 Å². The summed E-state index contributed by atoms with van der Waals surface area (Å²) in [5, 5.41) is 1.41. The van der Waals surface area contributed by atoms with E-state index in [-0.39, 0.29) is 12.4 Å². The molecular formula is C15H11Cl3O2. The van der Waals surface area contributed by atoms with Crippen molar-refractivity contribution in [3.63, 3.8) is 0 Å². The second-order valence-electron chi connectivity index (χ2n) is 4.17. The van der Waals surface area contributed by atoms with Crippen LogP contribution in [0, 0.1) is 0 Å². The van der Waals surface area contributed by atoms with E-state index in [9.17, 15) is 4.79 Å². The first-order valence-electron chi connectivity index (χ1n) is 5.86. The van der Waals surface area contributed by atoms with Crippen LogP contribution in [0.4, 0.5) is 0 Å². The molecule has 0 saturated carbocycles. The number of carbonyl (C=O) groups excluding carboxylic acids is 1. The average Bonchev–Trinajstić information content (AvgIpc) is 2.42. The normalized spacial score (nSPS) is 10.6. The molecule has 0 bridgehead atoms. The zero-order valence-electron chi connectivity index (χ0n) is 10.4. The number of benzene rings is 2. The van der Waals surface area contributed by atoms with Crippen LogP contribution in [0.2, 0.25) is 15.1 Å². The fourth-order valence-electron chi connectivity index (χ4n) is 1.64. The lowest BCUT2D eigenvalue weighted by Crippen LogP contribution is -2.09. The van der Waals surface area contributed by atoms with Crippen LogP contribution < -0.4 is 0 Å². The molecule has 2 aromatic carbocycles. The summed E-state index contributed by atoms with van der Waals surface area (Å²) in [4.78, 5) is 11.9. The van der Waals surface area contributed by atoms with E-state index in [0.717, 1.165) is 5.56 Å². The molecule has 0 aliphatic heterocycles. The summed E-state index contributed by atoms with van der Waals surface area (Å²) in [6.45, 7) is 0.304. The Balaban J connectivity index is 1.90. The van der Waals surface area contributed by atoms with E-state index in [1.807, 2.05) is 12.1 Å². The van der Waals surface area contributed by atoms with Crippen molar-refractivity contribution >= 4 is 40.6 Å². The largest absolute Gasteiger partial charge is 0.369 e. The average molecular weight is 330 g/mol. The van der Waals surface area contributed by atoms with Gasteiger partial charge < -0.3 is 4.74 Å². The summed E-state index contributed by atoms with van der Waals surface area (Å²) in [6.07, 6.45) is 0. The van der Waals surface area contributed by atoms with Crippen LogP contribution in [0.5, 0.6) is 0 Å². The molecule has 0 spiro atoms. The molecule has 0 aromatic heterocycles. The smallest absolute Gasteiger partial charge is 0.188 e. The van der Waals surface area contributed by atoms with Gasteiger partial charge in [-0.2, -0.15) is 0 Å². The third-order valence-corrected chi connectivity index (χ3v) is 3.61. The standard InChI is InChI=1S/C15H11Cl3O2/c16-12-3-1-2-10(6-12)8-20-9-15(19)11-4-5-13(17)14(18)7-11/h1-7H,8-9H2. The van der Waals surface area contributed by atoms with Gasteiger partial charge in [0, 0.05) is 10.6 Å². The fourth-order valence-corrected chi connectivity index (χ4v) is 2.15. The number of ketones is 1. The van der Waals surface area contributed by atoms with Gasteiger partial charge in [0.2, 0.25) is 0 Å². The second-order valence-corrected chi connectivity index (χ2v) is 5.43. The lowest BCUT2D eigenvalue weighted by atomic mass is 10.1. The van der Waals surface area contributed by atoms with Crippen molar-refractivity contribution in [1.29, 1.82) is 0 Å². The van der Waals surface area contributed by atoms with Crippen molar-refractivity contribution in [3.05, 3.63) is 68.7 Å². The molecule has 0 amide bonds. The lowest BCUT2D eigenvalue weighted by molar-refractivity contribution is 0.0726. The molecular weight excluding hydrogens is 319 g/mol. The fraction of sp³-hybridized carbons (Fsp3) is 0.133. The van der Waals surface area contributed by atoms with Gasteiger partial charge in [-0.3, -0.25) is 4.79 Å². The van der Waals surface area contributed by atoms with Gasteiger partial charge in [0.1, 0.15) is 6.61 Å². The molecule has 0 unspecified atom stereocenters. The van der Waals surface area contributed by atoms with Crippen LogP contribution in [0.3, 0.4) is 0 Å². The molecule has 0 radical (unpaired) electrons. The van der Waals surface area contributed by atoms with Gasteiger partial charge in [-0.1, -0.05) is 46.9 Å². The Kier molecular flexibility index (Phi) is 5.44. The Morgan fingerprint density at radius 1 is 1.00 bits per heavy atom. The van der Waals surface area contributed by atoms with E-state index in [1.54, 1.807) is 24.3 Å². The zero-order valence-corrected chi connectivity index (χ0v) is 12.7. The number of Topliss-reactive ketones (excluding diaryl/α,β-unsaturated/α-hetero) is 1. The molecule has 2 rings (SSSR count). The summed E-state index contributed by atoms with van der Waals surface area (Å²) in [6, 6.07) is 12.1. The van der Waals surface area contributed by atoms with Crippen LogP contribution in [0.1, 0.15) is 15.9 Å². The summed E-state index contributed by atoms with van der Waals surface area (Å²) in [7, 11) is 0. The highest BCUT2D eigenvalue weighted by Crippen LogP contribution is 2.22. The highest BCUT2D eigenvalue weighted by Gasteiger charge is 2.08. The molecule has 0 fully saturated rings. The van der Waals surface area contributed by atoms with Crippen molar-refractivity contribution in [2.75, 3.05) is 6.61 Å². The molecule has 104 valence electrons. The maximum absolute atomic E-state index is 11.9. The van der Waals surface area contributed by atoms with Crippen LogP contribution in [-0.2, 0) is 11.3 Å². The first-order chi connectivity index (χ1) is 9.56. The Bertz CT molecular complexity index is 626. The molecule has 2 aromatic rings. The number of halogens is 3. The quantitative estimate of drug-likeness (QED) is 0.718. The van der Waals surface area contributed by atoms with Gasteiger partial charge in [-0.05, 0) is 35.9 Å². The minimum atomic E-state index is -0.148. The molecule has 0 N–H and O–H groups in total. The number of carbonyl (C=O) groups is 1. The van der Waals surface area contributed by atoms with Gasteiger partial charge in [-0.25, -0.2) is 0 Å². The van der Waals surface area contributed by atoms with Gasteiger partial charge in [0.05, 0.1) is 16.7 Å². The summed E-state index contributed by atoms with van der Waals surface area (Å²) < 4.78 is 5.38. The van der Waals surface area contributed by atoms with Crippen molar-refractivity contribution < 1.29 is 9.53 Å². The van der Waals surface area contributed by atoms with Gasteiger partial charge in [-0.15, -0.1) is 0 Å². The summed E-state index contributed by atoms with van der Waals surface area (Å²) in [5.41, 5.74) is 1.39. The van der Waals surface area contributed by atoms with Crippen LogP contribution >= 0.6 is 34.8 Å². The molecule has 0 heterocycles. The molecule has 5 heteroatoms. The van der Waals surface area contributed by atoms with Crippen LogP contribution in [-0.4, -0.2) is 12.4 Å². The predicted octanol–water partition coefficient (Wildman–Crippen LogP) is 5.05. The van der Waals surface area contributed by atoms with E-state index < -0.39 is 0 Å². The third kappa shape index (κ3) is 4.22. The van der Waals surface area contributed by atoms with Crippen molar-refractivity contribution in [2.24, 2.45) is 0 Å². The topological polar surface area (TPSA) is 26.3 Å². The van der Waals surface area contributed by atoms with Crippen molar-refractivity contribution in [3.8, 4) is 0 Å². The van der Waals surface area contributed by atoms with Gasteiger partial charge in [0.15, 0.2) is 5.78 Å². The van der Waals surface area contributed by atoms with E-state index in [4.69, 9.17) is 39.5 Å². The van der Waals surface area contributed by atoms with Gasteiger partial charge in [0.25, 0.3) is 0 Å². The minimum absolute atomic E-state index is 0.0233. The first kappa shape index (κ1) is 15.3. The Hall–Kier alpha value is -1.06. The molecule has 0 saturated heterocycles. The highest BCUT2D eigenvalue weighted by molar-refractivity contribution is 6.42. The molecule has 2 nitrogen and oxygen atoms in total. The Morgan fingerprint density at radius 3 is 2.50 bits per heavy atom. The molecule has 0 atom stereocenters. The number of hydrogen-bond acceptors (Lipinski definition) is 2. The highest BCUT2D eigenvalue weighted by atomic mass is 35.5. The predicted molar refractivity (Wildman–Crippen MR) is 81.9 cm³/mol. The Morgan fingerprint density at radius 2 is 1.80 bits per heavy atom. The maximum atomic E-state index is 11.9. The first-order valence-corrected chi connectivity index (χ1v) is 7.00. The van der Waals surface area contributed by atoms with E-state index >= 15 is 0 Å². The van der Waals surface area contributed by atoms with Gasteiger partial charge >= 0.3 is 0 Å². The lowest BCUT2D eigenvalue weighted by Gasteiger charge is -2.05. The number of hydrogen-bond donors (Lipinski definition) is 0. The van der Waals surface area contributed by atoms with Crippen molar-refractivity contribution in [2.45, 2.75) is 6.61 Å². The molecule has 0 aliphatic rings. The SMILES string of the molecule is O=C(COCc1cccc(Cl)c1)c1ccc(Cl)c(Cl)c1. The molecule has 20 heavy (non-hydrogen) atoms. The van der Waals surface area contributed by atoms with E-state index in [0.29, 0.717) is 27.2 Å². The minimum Gasteiger partial charge on any atom is -0.369 e. The Labute approximate surface area is 132 Å². The summed E-state index contributed by atoms with van der Waals surface area (Å²) in [5.74, 6) is -0.148. The third-order valence-electron chi connectivity index (χ3n) is 2.63. The van der Waals surface area contributed by atoms with Crippen LogP contribution in [0.15, 0.2) is 42.5 Å². The summed E-state index contributed by atoms with van der Waals surface area (Å²) >= 11 is 17.5. The zero-order chi connectivity index (χ0) is 14.5. The number of ether oxygens (including phenoxy) is 1. The number of rotatable bonds is 5. The monoisotopic (exact) mass is 328 g/mol. The van der Waals surface area contributed by atoms with Crippen molar-refractivity contribution in [1.82, 2.24) is 0 Å². The van der Waals surface area contributed by atoms with E-state index in [2.05, 4.69) is 0 Å². The van der Waals surface area contributed by atoms with Crippen LogP contribution in [0.25, 0.3) is 0 Å². The maximum Gasteiger partial charge on any atom is 0.188 e.